The molecule has 1 aromatic carbocycles. The second kappa shape index (κ2) is 3.95. The molecule has 1 N–H and O–H groups in total. The third-order valence-corrected chi connectivity index (χ3v) is 2.47. The number of nitrogens with one attached hydrogen (secondary N) is 1. The third-order valence-electron chi connectivity index (χ3n) is 2.16. The van der Waals surface area contributed by atoms with Gasteiger partial charge in [0.2, 0.25) is 0 Å². The monoisotopic (exact) mass is 223 g/mol. The molecular formula is C11H10ClNO2. The fraction of sp³-hybridized carbons (Fsp3) is 0.182. The van der Waals surface area contributed by atoms with Crippen molar-refractivity contribution in [3.63, 3.8) is 0 Å². The minimum atomic E-state index is -0.332. The number of aromatic amines is 1. The van der Waals surface area contributed by atoms with Gasteiger partial charge in [-0.1, -0.05) is 23.7 Å². The van der Waals surface area contributed by atoms with Crippen molar-refractivity contribution in [2.45, 2.75) is 6.92 Å². The van der Waals surface area contributed by atoms with Gasteiger partial charge in [-0.3, -0.25) is 0 Å². The number of aromatic nitrogens is 1. The van der Waals surface area contributed by atoms with Gasteiger partial charge in [0.25, 0.3) is 0 Å². The summed E-state index contributed by atoms with van der Waals surface area (Å²) in [6.45, 7) is 2.14. The van der Waals surface area contributed by atoms with Crippen LogP contribution in [-0.4, -0.2) is 17.6 Å². The van der Waals surface area contributed by atoms with Crippen molar-refractivity contribution in [3.05, 3.63) is 35.0 Å². The molecule has 0 aliphatic carbocycles. The molecular weight excluding hydrogens is 214 g/mol. The molecule has 0 aliphatic rings. The highest BCUT2D eigenvalue weighted by Gasteiger charge is 2.12. The minimum absolute atomic E-state index is 0.332. The van der Waals surface area contributed by atoms with Gasteiger partial charge in [-0.2, -0.15) is 0 Å². The second-order valence-corrected chi connectivity index (χ2v) is 3.49. The lowest BCUT2D eigenvalue weighted by Crippen LogP contribution is -2.04. The lowest BCUT2D eigenvalue weighted by Gasteiger charge is -2.02. The van der Waals surface area contributed by atoms with Crippen LogP contribution in [-0.2, 0) is 4.74 Å². The fourth-order valence-electron chi connectivity index (χ4n) is 1.50. The Morgan fingerprint density at radius 1 is 1.53 bits per heavy atom. The second-order valence-electron chi connectivity index (χ2n) is 3.09. The molecule has 1 heterocycles. The van der Waals surface area contributed by atoms with E-state index < -0.39 is 0 Å². The molecule has 0 radical (unpaired) electrons. The molecule has 0 atom stereocenters. The van der Waals surface area contributed by atoms with E-state index in [9.17, 15) is 4.79 Å². The maximum absolute atomic E-state index is 11.6. The highest BCUT2D eigenvalue weighted by atomic mass is 35.5. The summed E-state index contributed by atoms with van der Waals surface area (Å²) >= 11 is 5.94. The van der Waals surface area contributed by atoms with Gasteiger partial charge in [0.05, 0.1) is 22.7 Å². The first-order chi connectivity index (χ1) is 7.24. The predicted octanol–water partition coefficient (Wildman–Crippen LogP) is 3.00. The van der Waals surface area contributed by atoms with E-state index in [4.69, 9.17) is 16.3 Å². The molecule has 4 heteroatoms. The van der Waals surface area contributed by atoms with Crippen LogP contribution >= 0.6 is 11.6 Å². The van der Waals surface area contributed by atoms with E-state index in [0.29, 0.717) is 17.2 Å². The molecule has 0 aliphatic heterocycles. The summed E-state index contributed by atoms with van der Waals surface area (Å²) in [5.74, 6) is -0.332. The van der Waals surface area contributed by atoms with E-state index in [2.05, 4.69) is 4.98 Å². The minimum Gasteiger partial charge on any atom is -0.462 e. The number of halogens is 1. The van der Waals surface area contributed by atoms with E-state index in [-0.39, 0.29) is 5.97 Å². The van der Waals surface area contributed by atoms with Crippen LogP contribution in [0.3, 0.4) is 0 Å². The maximum Gasteiger partial charge on any atom is 0.340 e. The van der Waals surface area contributed by atoms with Gasteiger partial charge in [0.1, 0.15) is 0 Å². The zero-order valence-corrected chi connectivity index (χ0v) is 8.97. The van der Waals surface area contributed by atoms with Crippen molar-refractivity contribution >= 4 is 28.5 Å². The number of rotatable bonds is 2. The molecule has 2 rings (SSSR count). The highest BCUT2D eigenvalue weighted by Crippen LogP contribution is 2.25. The third kappa shape index (κ3) is 1.70. The molecule has 0 bridgehead atoms. The fourth-order valence-corrected chi connectivity index (χ4v) is 1.71. The van der Waals surface area contributed by atoms with Crippen LogP contribution in [0.4, 0.5) is 0 Å². The van der Waals surface area contributed by atoms with Crippen LogP contribution in [0.15, 0.2) is 24.4 Å². The van der Waals surface area contributed by atoms with Gasteiger partial charge >= 0.3 is 5.97 Å². The first-order valence-corrected chi connectivity index (χ1v) is 5.04. The summed E-state index contributed by atoms with van der Waals surface area (Å²) in [4.78, 5) is 14.5. The number of H-pyrrole nitrogens is 1. The largest absolute Gasteiger partial charge is 0.462 e. The average Bonchev–Trinajstić information content (AvgIpc) is 2.61. The highest BCUT2D eigenvalue weighted by molar-refractivity contribution is 6.36. The van der Waals surface area contributed by atoms with Crippen molar-refractivity contribution < 1.29 is 9.53 Å². The number of hydrogen-bond donors (Lipinski definition) is 1. The predicted molar refractivity (Wildman–Crippen MR) is 59.3 cm³/mol. The molecule has 15 heavy (non-hydrogen) atoms. The van der Waals surface area contributed by atoms with Gasteiger partial charge in [-0.15, -0.1) is 0 Å². The Balaban J connectivity index is 2.56. The number of fused-ring (bicyclic) bond motifs is 1. The van der Waals surface area contributed by atoms with Gasteiger partial charge in [-0.05, 0) is 13.0 Å². The summed E-state index contributed by atoms with van der Waals surface area (Å²) in [6, 6.07) is 5.36. The standard InChI is InChI=1S/C11H10ClNO2/c1-2-15-11(14)8-5-3-4-7-9(12)6-13-10(7)8/h3-6,13H,2H2,1H3. The summed E-state index contributed by atoms with van der Waals surface area (Å²) in [5.41, 5.74) is 1.24. The van der Waals surface area contributed by atoms with Crippen LogP contribution in [0, 0.1) is 0 Å². The van der Waals surface area contributed by atoms with E-state index in [1.807, 2.05) is 6.07 Å². The Kier molecular flexibility index (Phi) is 2.64. The van der Waals surface area contributed by atoms with Crippen LogP contribution in [0.2, 0.25) is 5.02 Å². The molecule has 3 nitrogen and oxygen atoms in total. The molecule has 0 saturated carbocycles. The van der Waals surface area contributed by atoms with Crippen molar-refractivity contribution in [2.24, 2.45) is 0 Å². The van der Waals surface area contributed by atoms with E-state index in [1.165, 1.54) is 0 Å². The van der Waals surface area contributed by atoms with Crippen molar-refractivity contribution in [3.8, 4) is 0 Å². The molecule has 0 fully saturated rings. The topological polar surface area (TPSA) is 42.1 Å². The lowest BCUT2D eigenvalue weighted by atomic mass is 10.1. The maximum atomic E-state index is 11.6. The van der Waals surface area contributed by atoms with Crippen LogP contribution in [0.25, 0.3) is 10.9 Å². The smallest absolute Gasteiger partial charge is 0.340 e. The Morgan fingerprint density at radius 3 is 3.07 bits per heavy atom. The van der Waals surface area contributed by atoms with Crippen molar-refractivity contribution in [1.29, 1.82) is 0 Å². The zero-order chi connectivity index (χ0) is 10.8. The number of ether oxygens (including phenoxy) is 1. The van der Waals surface area contributed by atoms with Gasteiger partial charge in [0, 0.05) is 11.6 Å². The summed E-state index contributed by atoms with van der Waals surface area (Å²) in [5, 5.41) is 1.44. The SMILES string of the molecule is CCOC(=O)c1cccc2c(Cl)c[nH]c12. The molecule has 0 spiro atoms. The van der Waals surface area contributed by atoms with E-state index in [0.717, 1.165) is 10.9 Å². The Morgan fingerprint density at radius 2 is 2.33 bits per heavy atom. The molecule has 0 unspecified atom stereocenters. The summed E-state index contributed by atoms with van der Waals surface area (Å²) in [6.07, 6.45) is 1.66. The summed E-state index contributed by atoms with van der Waals surface area (Å²) in [7, 11) is 0. The van der Waals surface area contributed by atoms with Gasteiger partial charge < -0.3 is 9.72 Å². The van der Waals surface area contributed by atoms with Gasteiger partial charge in [0.15, 0.2) is 0 Å². The number of esters is 1. The lowest BCUT2D eigenvalue weighted by molar-refractivity contribution is 0.0528. The molecule has 78 valence electrons. The number of para-hydroxylation sites is 1. The number of benzene rings is 1. The zero-order valence-electron chi connectivity index (χ0n) is 8.21. The number of hydrogen-bond acceptors (Lipinski definition) is 2. The quantitative estimate of drug-likeness (QED) is 0.796. The molecule has 0 amide bonds. The first kappa shape index (κ1) is 10.1. The Hall–Kier alpha value is -1.48. The van der Waals surface area contributed by atoms with Crippen LogP contribution < -0.4 is 0 Å². The average molecular weight is 224 g/mol. The van der Waals surface area contributed by atoms with Gasteiger partial charge in [-0.25, -0.2) is 4.79 Å². The number of carbonyl (C=O) groups excluding carboxylic acids is 1. The van der Waals surface area contributed by atoms with Crippen molar-refractivity contribution in [2.75, 3.05) is 6.61 Å². The molecule has 0 saturated heterocycles. The van der Waals surface area contributed by atoms with Crippen molar-refractivity contribution in [1.82, 2.24) is 4.98 Å². The Bertz CT molecular complexity index is 504. The van der Waals surface area contributed by atoms with Crippen LogP contribution in [0.5, 0.6) is 0 Å². The van der Waals surface area contributed by atoms with E-state index >= 15 is 0 Å². The Labute approximate surface area is 92.0 Å². The van der Waals surface area contributed by atoms with E-state index in [1.54, 1.807) is 25.3 Å². The normalized spacial score (nSPS) is 10.5. The number of carbonyl (C=O) groups is 1. The molecule has 1 aromatic heterocycles. The molecule has 2 aromatic rings. The van der Waals surface area contributed by atoms with Crippen LogP contribution in [0.1, 0.15) is 17.3 Å². The first-order valence-electron chi connectivity index (χ1n) is 4.66. The summed E-state index contributed by atoms with van der Waals surface area (Å²) < 4.78 is 4.94.